The number of ether oxygens (including phenoxy) is 2. The number of esters is 1. The number of rotatable bonds is 9. The molecule has 164 valence electrons. The second kappa shape index (κ2) is 9.16. The van der Waals surface area contributed by atoms with Crippen LogP contribution in [0.4, 0.5) is 0 Å². The number of hydrogen-bond donors (Lipinski definition) is 2. The summed E-state index contributed by atoms with van der Waals surface area (Å²) in [5.41, 5.74) is -0.129. The van der Waals surface area contributed by atoms with Crippen LogP contribution in [-0.4, -0.2) is 46.2 Å². The first-order valence-corrected chi connectivity index (χ1v) is 10.7. The second-order valence-electron chi connectivity index (χ2n) is 8.47. The van der Waals surface area contributed by atoms with Gasteiger partial charge in [0.1, 0.15) is 12.4 Å². The molecule has 7 heteroatoms. The van der Waals surface area contributed by atoms with Gasteiger partial charge in [0.25, 0.3) is 0 Å². The molecule has 30 heavy (non-hydrogen) atoms. The van der Waals surface area contributed by atoms with Crippen molar-refractivity contribution in [3.8, 4) is 0 Å². The number of fused-ring (bicyclic) bond motifs is 1. The number of carboxylic acids is 1. The minimum atomic E-state index is -1.30. The minimum absolute atomic E-state index is 0.00840. The van der Waals surface area contributed by atoms with Gasteiger partial charge in [0, 0.05) is 17.6 Å². The van der Waals surface area contributed by atoms with Crippen molar-refractivity contribution in [1.82, 2.24) is 0 Å². The third-order valence-corrected chi connectivity index (χ3v) is 6.39. The van der Waals surface area contributed by atoms with Gasteiger partial charge in [-0.1, -0.05) is 39.0 Å². The number of carbonyl (C=O) groups excluding carboxylic acids is 2. The van der Waals surface area contributed by atoms with Gasteiger partial charge in [-0.25, -0.2) is 4.79 Å². The van der Waals surface area contributed by atoms with Crippen LogP contribution in [0.1, 0.15) is 58.8 Å². The lowest BCUT2D eigenvalue weighted by Crippen LogP contribution is -2.48. The number of carboxylic acid groups (broad SMARTS) is 1. The minimum Gasteiger partial charge on any atom is -0.489 e. The van der Waals surface area contributed by atoms with E-state index in [-0.39, 0.29) is 12.4 Å². The number of Topliss-reactive ketones (excluding diaryl/α,β-unsaturated/α-hetero) is 1. The zero-order chi connectivity index (χ0) is 21.9. The maximum atomic E-state index is 13.1. The van der Waals surface area contributed by atoms with Crippen molar-refractivity contribution < 1.29 is 34.1 Å². The van der Waals surface area contributed by atoms with E-state index in [1.165, 1.54) is 6.08 Å². The molecule has 2 N–H and O–H groups in total. The Morgan fingerprint density at radius 2 is 2.03 bits per heavy atom. The van der Waals surface area contributed by atoms with E-state index in [4.69, 9.17) is 14.6 Å². The van der Waals surface area contributed by atoms with Crippen molar-refractivity contribution in [3.63, 3.8) is 0 Å². The van der Waals surface area contributed by atoms with Gasteiger partial charge in [0.2, 0.25) is 5.78 Å². The molecule has 2 aliphatic heterocycles. The van der Waals surface area contributed by atoms with Gasteiger partial charge in [0.05, 0.1) is 12.0 Å². The molecule has 3 aliphatic rings. The third kappa shape index (κ3) is 4.36. The molecular weight excluding hydrogens is 388 g/mol. The topological polar surface area (TPSA) is 110 Å². The number of hydrogen-bond acceptors (Lipinski definition) is 6. The first-order valence-electron chi connectivity index (χ1n) is 10.7. The van der Waals surface area contributed by atoms with Gasteiger partial charge in [0.15, 0.2) is 5.60 Å². The lowest BCUT2D eigenvalue weighted by atomic mass is 9.67. The fourth-order valence-electron chi connectivity index (χ4n) is 4.69. The number of ketones is 1. The Bertz CT molecular complexity index is 806. The molecule has 3 rings (SSSR count). The summed E-state index contributed by atoms with van der Waals surface area (Å²) in [5.74, 6) is -2.76. The van der Waals surface area contributed by atoms with Crippen LogP contribution in [0.15, 0.2) is 35.1 Å². The maximum Gasteiger partial charge on any atom is 0.328 e. The smallest absolute Gasteiger partial charge is 0.328 e. The van der Waals surface area contributed by atoms with Gasteiger partial charge in [-0.2, -0.15) is 0 Å². The Morgan fingerprint density at radius 1 is 1.30 bits per heavy atom. The lowest BCUT2D eigenvalue weighted by molar-refractivity contribution is -0.158. The molecule has 0 aromatic carbocycles. The van der Waals surface area contributed by atoms with Crippen LogP contribution in [0.5, 0.6) is 0 Å². The SMILES string of the molecule is CCCCCCC[C@@H](O)[C@H]1C(=O)O[C@@]2(C)C(=O)C3=C(C=C(/C=C/C(=O)O)OC3)C[C@H]12. The number of allylic oxidation sites excluding steroid dienone is 3. The Morgan fingerprint density at radius 3 is 2.73 bits per heavy atom. The van der Waals surface area contributed by atoms with Crippen molar-refractivity contribution >= 4 is 17.7 Å². The highest BCUT2D eigenvalue weighted by atomic mass is 16.6. The van der Waals surface area contributed by atoms with Gasteiger partial charge in [-0.3, -0.25) is 9.59 Å². The average molecular weight is 418 g/mol. The zero-order valence-electron chi connectivity index (χ0n) is 17.6. The molecular formula is C23H30O7. The largest absolute Gasteiger partial charge is 0.489 e. The van der Waals surface area contributed by atoms with Crippen LogP contribution in [0.25, 0.3) is 0 Å². The van der Waals surface area contributed by atoms with E-state index < -0.39 is 35.5 Å². The lowest BCUT2D eigenvalue weighted by Gasteiger charge is -2.37. The maximum absolute atomic E-state index is 13.1. The summed E-state index contributed by atoms with van der Waals surface area (Å²) in [6.45, 7) is 3.77. The third-order valence-electron chi connectivity index (χ3n) is 6.39. The first-order chi connectivity index (χ1) is 14.3. The van der Waals surface area contributed by atoms with Gasteiger partial charge in [-0.15, -0.1) is 0 Å². The van der Waals surface area contributed by atoms with E-state index in [2.05, 4.69) is 6.92 Å². The second-order valence-corrected chi connectivity index (χ2v) is 8.47. The van der Waals surface area contributed by atoms with E-state index in [0.29, 0.717) is 24.2 Å². The molecule has 0 saturated carbocycles. The van der Waals surface area contributed by atoms with Gasteiger partial charge in [-0.05, 0) is 37.5 Å². The number of aliphatic carboxylic acids is 1. The molecule has 1 saturated heterocycles. The molecule has 0 amide bonds. The molecule has 1 fully saturated rings. The van der Waals surface area contributed by atoms with Crippen molar-refractivity contribution in [3.05, 3.63) is 35.1 Å². The number of unbranched alkanes of at least 4 members (excludes halogenated alkanes) is 4. The van der Waals surface area contributed by atoms with E-state index >= 15 is 0 Å². The highest BCUT2D eigenvalue weighted by Gasteiger charge is 2.61. The molecule has 0 radical (unpaired) electrons. The highest BCUT2D eigenvalue weighted by Crippen LogP contribution is 2.49. The Kier molecular flexibility index (Phi) is 6.81. The quantitative estimate of drug-likeness (QED) is 0.336. The molecule has 0 bridgehead atoms. The van der Waals surface area contributed by atoms with E-state index in [0.717, 1.165) is 43.8 Å². The molecule has 1 aliphatic carbocycles. The number of aliphatic hydroxyl groups is 1. The fourth-order valence-corrected chi connectivity index (χ4v) is 4.69. The van der Waals surface area contributed by atoms with Crippen LogP contribution in [0, 0.1) is 11.8 Å². The molecule has 0 unspecified atom stereocenters. The summed E-state index contributed by atoms with van der Waals surface area (Å²) in [6.07, 6.45) is 9.23. The predicted molar refractivity (Wildman–Crippen MR) is 108 cm³/mol. The summed E-state index contributed by atoms with van der Waals surface area (Å²) in [5, 5.41) is 19.6. The molecule has 2 heterocycles. The van der Waals surface area contributed by atoms with Gasteiger partial charge < -0.3 is 19.7 Å². The Hall–Kier alpha value is -2.41. The summed E-state index contributed by atoms with van der Waals surface area (Å²) < 4.78 is 11.0. The summed E-state index contributed by atoms with van der Waals surface area (Å²) in [4.78, 5) is 36.5. The van der Waals surface area contributed by atoms with Crippen LogP contribution in [0.2, 0.25) is 0 Å². The Balaban J connectivity index is 1.77. The van der Waals surface area contributed by atoms with Crippen LogP contribution in [0.3, 0.4) is 0 Å². The number of aliphatic hydroxyl groups excluding tert-OH is 1. The van der Waals surface area contributed by atoms with Gasteiger partial charge >= 0.3 is 11.9 Å². The molecule has 7 nitrogen and oxygen atoms in total. The van der Waals surface area contributed by atoms with Crippen molar-refractivity contribution in [2.24, 2.45) is 11.8 Å². The monoisotopic (exact) mass is 418 g/mol. The standard InChI is InChI=1S/C23H30O7/c1-3-4-5-6-7-8-18(24)20-17-12-14-11-15(9-10-19(25)26)29-13-16(14)21(27)23(17,2)30-22(20)28/h9-11,17-18,20,24H,3-8,12-13H2,1-2H3,(H,25,26)/b10-9+/t17-,18-,20+,23-/m1/s1. The predicted octanol–water partition coefficient (Wildman–Crippen LogP) is 3.08. The van der Waals surface area contributed by atoms with E-state index in [9.17, 15) is 19.5 Å². The molecule has 0 aromatic heterocycles. The van der Waals surface area contributed by atoms with E-state index in [1.54, 1.807) is 13.0 Å². The van der Waals surface area contributed by atoms with Crippen molar-refractivity contribution in [2.75, 3.05) is 6.61 Å². The summed E-state index contributed by atoms with van der Waals surface area (Å²) in [6, 6.07) is 0. The van der Waals surface area contributed by atoms with Crippen LogP contribution >= 0.6 is 0 Å². The van der Waals surface area contributed by atoms with E-state index in [1.807, 2.05) is 0 Å². The van der Waals surface area contributed by atoms with Crippen molar-refractivity contribution in [2.45, 2.75) is 70.5 Å². The summed E-state index contributed by atoms with van der Waals surface area (Å²) >= 11 is 0. The first kappa shape index (κ1) is 22.3. The normalized spacial score (nSPS) is 29.2. The molecule has 4 atom stereocenters. The number of carbonyl (C=O) groups is 3. The zero-order valence-corrected chi connectivity index (χ0v) is 17.6. The highest BCUT2D eigenvalue weighted by molar-refractivity contribution is 6.07. The molecule has 0 aromatic rings. The fraction of sp³-hybridized carbons (Fsp3) is 0.609. The van der Waals surface area contributed by atoms with Crippen LogP contribution < -0.4 is 0 Å². The molecule has 0 spiro atoms. The van der Waals surface area contributed by atoms with Crippen LogP contribution in [-0.2, 0) is 23.9 Å². The van der Waals surface area contributed by atoms with Crippen molar-refractivity contribution in [1.29, 1.82) is 0 Å². The Labute approximate surface area is 176 Å². The average Bonchev–Trinajstić information content (AvgIpc) is 2.96. The summed E-state index contributed by atoms with van der Waals surface area (Å²) in [7, 11) is 0.